The number of pyridine rings is 1. The lowest BCUT2D eigenvalue weighted by Crippen LogP contribution is -2.20. The molecule has 1 amide bonds. The molecule has 0 unspecified atom stereocenters. The first-order valence-electron chi connectivity index (χ1n) is 6.01. The molecule has 2 rings (SSSR count). The molecule has 102 valence electrons. The van der Waals surface area contributed by atoms with Crippen molar-refractivity contribution in [3.05, 3.63) is 60.6 Å². The first-order chi connectivity index (χ1) is 9.60. The first kappa shape index (κ1) is 13.7. The molecular formula is C15H14FN3O. The Balaban J connectivity index is 2.19. The summed E-state index contributed by atoms with van der Waals surface area (Å²) in [6.07, 6.45) is 2.79. The number of aromatic nitrogens is 1. The van der Waals surface area contributed by atoms with Crippen molar-refractivity contribution in [3.63, 3.8) is 0 Å². The minimum absolute atomic E-state index is 0.271. The number of hydrogen-bond donors (Lipinski definition) is 2. The summed E-state index contributed by atoms with van der Waals surface area (Å²) in [7, 11) is 0. The molecule has 1 aromatic heterocycles. The van der Waals surface area contributed by atoms with Crippen LogP contribution in [-0.4, -0.2) is 10.9 Å². The van der Waals surface area contributed by atoms with Crippen molar-refractivity contribution in [1.29, 1.82) is 0 Å². The second kappa shape index (κ2) is 5.97. The molecular weight excluding hydrogens is 257 g/mol. The zero-order valence-corrected chi connectivity index (χ0v) is 10.8. The molecule has 5 heteroatoms. The third-order valence-electron chi connectivity index (χ3n) is 2.80. The Bertz CT molecular complexity index is 638. The van der Waals surface area contributed by atoms with E-state index in [0.29, 0.717) is 16.9 Å². The first-order valence-corrected chi connectivity index (χ1v) is 6.01. The molecule has 4 nitrogen and oxygen atoms in total. The molecule has 0 aliphatic carbocycles. The molecule has 20 heavy (non-hydrogen) atoms. The molecule has 3 N–H and O–H groups in total. The van der Waals surface area contributed by atoms with Crippen LogP contribution in [0.15, 0.2) is 49.2 Å². The molecule has 1 heterocycles. The van der Waals surface area contributed by atoms with Gasteiger partial charge in [0.05, 0.1) is 5.69 Å². The van der Waals surface area contributed by atoms with Crippen molar-refractivity contribution in [1.82, 2.24) is 10.3 Å². The number of nitrogens with two attached hydrogens (primary N) is 1. The second-order valence-electron chi connectivity index (χ2n) is 4.20. The van der Waals surface area contributed by atoms with Gasteiger partial charge in [-0.15, -0.1) is 0 Å². The van der Waals surface area contributed by atoms with Gasteiger partial charge >= 0.3 is 0 Å². The fraction of sp³-hybridized carbons (Fsp3) is 0.0667. The minimum atomic E-state index is -0.300. The monoisotopic (exact) mass is 271 g/mol. The number of amides is 1. The zero-order valence-electron chi connectivity index (χ0n) is 10.8. The van der Waals surface area contributed by atoms with Gasteiger partial charge in [0.25, 0.3) is 0 Å². The molecule has 0 spiro atoms. The average molecular weight is 271 g/mol. The van der Waals surface area contributed by atoms with Gasteiger partial charge in [0.2, 0.25) is 5.91 Å². The summed E-state index contributed by atoms with van der Waals surface area (Å²) < 4.78 is 12.9. The van der Waals surface area contributed by atoms with Crippen molar-refractivity contribution in [2.75, 3.05) is 5.73 Å². The van der Waals surface area contributed by atoms with Crippen molar-refractivity contribution in [2.45, 2.75) is 6.54 Å². The highest BCUT2D eigenvalue weighted by Gasteiger charge is 2.05. The number of nitrogens with zero attached hydrogens (tertiary/aromatic N) is 1. The van der Waals surface area contributed by atoms with Gasteiger partial charge in [-0.3, -0.25) is 9.78 Å². The van der Waals surface area contributed by atoms with E-state index in [1.165, 1.54) is 18.2 Å². The summed E-state index contributed by atoms with van der Waals surface area (Å²) in [6.45, 7) is 3.65. The smallest absolute Gasteiger partial charge is 0.243 e. The van der Waals surface area contributed by atoms with Crippen molar-refractivity contribution >= 4 is 11.6 Å². The Kier molecular flexibility index (Phi) is 4.10. The maximum absolute atomic E-state index is 12.9. The van der Waals surface area contributed by atoms with E-state index in [0.717, 1.165) is 5.56 Å². The van der Waals surface area contributed by atoms with Crippen molar-refractivity contribution in [2.24, 2.45) is 0 Å². The Labute approximate surface area is 116 Å². The van der Waals surface area contributed by atoms with Gasteiger partial charge < -0.3 is 11.1 Å². The van der Waals surface area contributed by atoms with Crippen LogP contribution >= 0.6 is 0 Å². The van der Waals surface area contributed by atoms with Crippen molar-refractivity contribution in [3.8, 4) is 11.3 Å². The van der Waals surface area contributed by atoms with Gasteiger partial charge in [-0.25, -0.2) is 4.39 Å². The van der Waals surface area contributed by atoms with Gasteiger partial charge in [0, 0.05) is 29.6 Å². The second-order valence-corrected chi connectivity index (χ2v) is 4.20. The quantitative estimate of drug-likeness (QED) is 0.838. The van der Waals surface area contributed by atoms with E-state index in [9.17, 15) is 9.18 Å². The summed E-state index contributed by atoms with van der Waals surface area (Å²) >= 11 is 0. The fourth-order valence-electron chi connectivity index (χ4n) is 1.68. The van der Waals surface area contributed by atoms with Crippen LogP contribution in [0.25, 0.3) is 11.3 Å². The molecule has 0 fully saturated rings. The van der Waals surface area contributed by atoms with Crippen LogP contribution in [0.1, 0.15) is 5.56 Å². The van der Waals surface area contributed by atoms with E-state index < -0.39 is 0 Å². The lowest BCUT2D eigenvalue weighted by atomic mass is 10.1. The maximum Gasteiger partial charge on any atom is 0.243 e. The molecule has 0 saturated carbocycles. The molecule has 0 aliphatic rings. The highest BCUT2D eigenvalue weighted by molar-refractivity contribution is 5.86. The van der Waals surface area contributed by atoms with Crippen LogP contribution in [0.5, 0.6) is 0 Å². The molecule has 0 bridgehead atoms. The SMILES string of the molecule is C=CC(=O)NCc1cnc(-c2ccc(F)cc2)cc1N. The predicted octanol–water partition coefficient (Wildman–Crippen LogP) is 2.27. The number of nitrogens with one attached hydrogen (secondary N) is 1. The van der Waals surface area contributed by atoms with Crippen LogP contribution < -0.4 is 11.1 Å². The maximum atomic E-state index is 12.9. The lowest BCUT2D eigenvalue weighted by Gasteiger charge is -2.08. The molecule has 0 saturated heterocycles. The van der Waals surface area contributed by atoms with E-state index in [1.54, 1.807) is 24.4 Å². The number of nitrogen functional groups attached to an aromatic ring is 1. The number of carbonyl (C=O) groups is 1. The van der Waals surface area contributed by atoms with Gasteiger partial charge in [-0.2, -0.15) is 0 Å². The summed E-state index contributed by atoms with van der Waals surface area (Å²) in [6, 6.07) is 7.70. The number of benzene rings is 1. The number of rotatable bonds is 4. The summed E-state index contributed by atoms with van der Waals surface area (Å²) in [5.74, 6) is -0.572. The largest absolute Gasteiger partial charge is 0.398 e. The van der Waals surface area contributed by atoms with Crippen molar-refractivity contribution < 1.29 is 9.18 Å². The number of anilines is 1. The Morgan fingerprint density at radius 1 is 1.40 bits per heavy atom. The Hall–Kier alpha value is -2.69. The predicted molar refractivity (Wildman–Crippen MR) is 76.1 cm³/mol. The fourth-order valence-corrected chi connectivity index (χ4v) is 1.68. The average Bonchev–Trinajstić information content (AvgIpc) is 2.46. The lowest BCUT2D eigenvalue weighted by molar-refractivity contribution is -0.116. The molecule has 0 aliphatic heterocycles. The third kappa shape index (κ3) is 3.20. The highest BCUT2D eigenvalue weighted by Crippen LogP contribution is 2.21. The third-order valence-corrected chi connectivity index (χ3v) is 2.80. The van der Waals surface area contributed by atoms with Crippen LogP contribution in [0.3, 0.4) is 0 Å². The number of halogens is 1. The molecule has 0 atom stereocenters. The van der Waals surface area contributed by atoms with E-state index in [-0.39, 0.29) is 18.3 Å². The van der Waals surface area contributed by atoms with E-state index in [1.807, 2.05) is 0 Å². The Morgan fingerprint density at radius 2 is 2.10 bits per heavy atom. The molecule has 2 aromatic rings. The molecule has 1 aromatic carbocycles. The van der Waals surface area contributed by atoms with E-state index in [2.05, 4.69) is 16.9 Å². The summed E-state index contributed by atoms with van der Waals surface area (Å²) in [5.41, 5.74) is 8.59. The van der Waals surface area contributed by atoms with Crippen LogP contribution in [-0.2, 0) is 11.3 Å². The van der Waals surface area contributed by atoms with Gasteiger partial charge in [0.1, 0.15) is 5.82 Å². The standard InChI is InChI=1S/C15H14FN3O/c1-2-15(20)19-9-11-8-18-14(7-13(11)17)10-3-5-12(16)6-4-10/h2-8H,1,9H2,(H2,17,18)(H,19,20). The highest BCUT2D eigenvalue weighted by atomic mass is 19.1. The topological polar surface area (TPSA) is 68.0 Å². The molecule has 0 radical (unpaired) electrons. The van der Waals surface area contributed by atoms with Crippen LogP contribution in [0.4, 0.5) is 10.1 Å². The zero-order chi connectivity index (χ0) is 14.5. The Morgan fingerprint density at radius 3 is 2.70 bits per heavy atom. The number of hydrogen-bond acceptors (Lipinski definition) is 3. The number of carbonyl (C=O) groups excluding carboxylic acids is 1. The van der Waals surface area contributed by atoms with Gasteiger partial charge in [-0.05, 0) is 36.4 Å². The van der Waals surface area contributed by atoms with Gasteiger partial charge in [-0.1, -0.05) is 6.58 Å². The van der Waals surface area contributed by atoms with E-state index >= 15 is 0 Å². The normalized spacial score (nSPS) is 10.1. The van der Waals surface area contributed by atoms with E-state index in [4.69, 9.17) is 5.73 Å². The summed E-state index contributed by atoms with van der Waals surface area (Å²) in [4.78, 5) is 15.4. The minimum Gasteiger partial charge on any atom is -0.398 e. The van der Waals surface area contributed by atoms with Crippen LogP contribution in [0, 0.1) is 5.82 Å². The summed E-state index contributed by atoms with van der Waals surface area (Å²) in [5, 5.41) is 2.63. The van der Waals surface area contributed by atoms with Crippen LogP contribution in [0.2, 0.25) is 0 Å². The van der Waals surface area contributed by atoms with Gasteiger partial charge in [0.15, 0.2) is 0 Å².